The number of nitrogens with one attached hydrogen (secondary N) is 2. The van der Waals surface area contributed by atoms with E-state index >= 15 is 0 Å². The Morgan fingerprint density at radius 1 is 1.44 bits per heavy atom. The first-order chi connectivity index (χ1) is 7.72. The summed E-state index contributed by atoms with van der Waals surface area (Å²) in [6.07, 6.45) is 0. The number of aromatic amines is 1. The van der Waals surface area contributed by atoms with Crippen LogP contribution in [0.5, 0.6) is 0 Å². The quantitative estimate of drug-likeness (QED) is 0.776. The molecule has 1 amide bonds. The fourth-order valence-corrected chi connectivity index (χ4v) is 1.44. The number of hydrogen-bond donors (Lipinski definition) is 2. The van der Waals surface area contributed by atoms with Crippen LogP contribution in [0.15, 0.2) is 29.1 Å². The second-order valence-corrected chi connectivity index (χ2v) is 3.29. The van der Waals surface area contributed by atoms with Gasteiger partial charge in [0.05, 0.1) is 10.9 Å². The second-order valence-electron chi connectivity index (χ2n) is 3.29. The molecule has 1 heterocycles. The Labute approximate surface area is 91.5 Å². The fourth-order valence-electron chi connectivity index (χ4n) is 1.44. The van der Waals surface area contributed by atoms with E-state index in [4.69, 9.17) is 0 Å². The number of amides is 1. The van der Waals surface area contributed by atoms with Gasteiger partial charge in [0.25, 0.3) is 11.5 Å². The minimum Gasteiger partial charge on any atom is -0.350 e. The number of carbonyl (C=O) groups is 1. The van der Waals surface area contributed by atoms with Gasteiger partial charge in [-0.2, -0.15) is 0 Å². The van der Waals surface area contributed by atoms with Crippen LogP contribution in [0.1, 0.15) is 17.5 Å². The van der Waals surface area contributed by atoms with Gasteiger partial charge in [-0.25, -0.2) is 4.98 Å². The predicted octanol–water partition coefficient (Wildman–Crippen LogP) is 0.673. The molecule has 0 saturated carbocycles. The Morgan fingerprint density at radius 2 is 2.19 bits per heavy atom. The van der Waals surface area contributed by atoms with Crippen molar-refractivity contribution in [2.75, 3.05) is 6.54 Å². The lowest BCUT2D eigenvalue weighted by atomic mass is 10.2. The summed E-state index contributed by atoms with van der Waals surface area (Å²) in [5.41, 5.74) is 0.222. The summed E-state index contributed by atoms with van der Waals surface area (Å²) >= 11 is 0. The molecular formula is C11H11N3O2. The summed E-state index contributed by atoms with van der Waals surface area (Å²) in [6, 6.07) is 6.90. The van der Waals surface area contributed by atoms with E-state index in [2.05, 4.69) is 15.3 Å². The molecule has 0 bridgehead atoms. The Morgan fingerprint density at radius 3 is 2.94 bits per heavy atom. The standard InChI is InChI=1S/C11H11N3O2/c1-2-12-11(16)9-13-8-6-4-3-5-7(8)10(15)14-9/h3-6H,2H2,1H3,(H,12,16)(H,13,14,15). The van der Waals surface area contributed by atoms with Gasteiger partial charge >= 0.3 is 0 Å². The Balaban J connectivity index is 2.58. The molecule has 2 aromatic rings. The molecule has 5 nitrogen and oxygen atoms in total. The number of rotatable bonds is 2. The highest BCUT2D eigenvalue weighted by molar-refractivity contribution is 5.92. The summed E-state index contributed by atoms with van der Waals surface area (Å²) in [4.78, 5) is 29.7. The molecule has 0 aliphatic rings. The van der Waals surface area contributed by atoms with Crippen molar-refractivity contribution in [2.45, 2.75) is 6.92 Å². The van der Waals surface area contributed by atoms with Crippen molar-refractivity contribution in [3.8, 4) is 0 Å². The Kier molecular flexibility index (Phi) is 2.68. The molecule has 2 N–H and O–H groups in total. The van der Waals surface area contributed by atoms with Crippen LogP contribution in [0.3, 0.4) is 0 Å². The van der Waals surface area contributed by atoms with Crippen molar-refractivity contribution >= 4 is 16.8 Å². The Bertz CT molecular complexity index is 589. The third kappa shape index (κ3) is 1.79. The maximum atomic E-state index is 11.6. The maximum absolute atomic E-state index is 11.6. The summed E-state index contributed by atoms with van der Waals surface area (Å²) in [6.45, 7) is 2.30. The summed E-state index contributed by atoms with van der Waals surface area (Å²) < 4.78 is 0. The van der Waals surface area contributed by atoms with Gasteiger partial charge in [-0.15, -0.1) is 0 Å². The summed E-state index contributed by atoms with van der Waals surface area (Å²) in [7, 11) is 0. The fraction of sp³-hybridized carbons (Fsp3) is 0.182. The minimum absolute atomic E-state index is 0.0468. The van der Waals surface area contributed by atoms with Crippen LogP contribution in [0.4, 0.5) is 0 Å². The van der Waals surface area contributed by atoms with E-state index in [9.17, 15) is 9.59 Å². The van der Waals surface area contributed by atoms with Crippen LogP contribution in [0.2, 0.25) is 0 Å². The number of aromatic nitrogens is 2. The Hall–Kier alpha value is -2.17. The molecule has 82 valence electrons. The number of para-hydroxylation sites is 1. The molecule has 16 heavy (non-hydrogen) atoms. The molecule has 0 aliphatic carbocycles. The molecule has 0 fully saturated rings. The first-order valence-electron chi connectivity index (χ1n) is 4.99. The zero-order valence-corrected chi connectivity index (χ0v) is 8.78. The molecular weight excluding hydrogens is 206 g/mol. The SMILES string of the molecule is CCNC(=O)c1nc2ccccc2c(=O)[nH]1. The zero-order chi connectivity index (χ0) is 11.5. The summed E-state index contributed by atoms with van der Waals surface area (Å²) in [5.74, 6) is -0.323. The van der Waals surface area contributed by atoms with E-state index in [0.717, 1.165) is 0 Å². The van der Waals surface area contributed by atoms with Gasteiger partial charge in [0, 0.05) is 6.54 Å². The summed E-state index contributed by atoms with van der Waals surface area (Å²) in [5, 5.41) is 3.06. The number of carbonyl (C=O) groups excluding carboxylic acids is 1. The highest BCUT2D eigenvalue weighted by Crippen LogP contribution is 2.05. The lowest BCUT2D eigenvalue weighted by Gasteiger charge is -2.02. The molecule has 0 atom stereocenters. The molecule has 0 spiro atoms. The van der Waals surface area contributed by atoms with Crippen molar-refractivity contribution in [1.29, 1.82) is 0 Å². The lowest BCUT2D eigenvalue weighted by molar-refractivity contribution is 0.0945. The zero-order valence-electron chi connectivity index (χ0n) is 8.78. The van der Waals surface area contributed by atoms with Gasteiger partial charge in [0.1, 0.15) is 0 Å². The van der Waals surface area contributed by atoms with E-state index in [1.807, 2.05) is 0 Å². The molecule has 0 radical (unpaired) electrons. The van der Waals surface area contributed by atoms with E-state index in [1.165, 1.54) is 0 Å². The lowest BCUT2D eigenvalue weighted by Crippen LogP contribution is -2.27. The van der Waals surface area contributed by atoms with Crippen molar-refractivity contribution in [3.05, 3.63) is 40.4 Å². The number of benzene rings is 1. The van der Waals surface area contributed by atoms with E-state index in [1.54, 1.807) is 31.2 Å². The monoisotopic (exact) mass is 217 g/mol. The smallest absolute Gasteiger partial charge is 0.287 e. The van der Waals surface area contributed by atoms with Gasteiger partial charge in [-0.1, -0.05) is 12.1 Å². The third-order valence-corrected chi connectivity index (χ3v) is 2.17. The van der Waals surface area contributed by atoms with Crippen LogP contribution < -0.4 is 10.9 Å². The van der Waals surface area contributed by atoms with Crippen LogP contribution in [-0.4, -0.2) is 22.4 Å². The van der Waals surface area contributed by atoms with Gasteiger partial charge in [-0.3, -0.25) is 9.59 Å². The van der Waals surface area contributed by atoms with Gasteiger partial charge in [0.2, 0.25) is 0 Å². The predicted molar refractivity (Wildman–Crippen MR) is 60.4 cm³/mol. The average molecular weight is 217 g/mol. The molecule has 0 unspecified atom stereocenters. The third-order valence-electron chi connectivity index (χ3n) is 2.17. The van der Waals surface area contributed by atoms with Crippen molar-refractivity contribution in [3.63, 3.8) is 0 Å². The second kappa shape index (κ2) is 4.14. The van der Waals surface area contributed by atoms with Gasteiger partial charge < -0.3 is 10.3 Å². The number of fused-ring (bicyclic) bond motifs is 1. The molecule has 5 heteroatoms. The number of hydrogen-bond acceptors (Lipinski definition) is 3. The highest BCUT2D eigenvalue weighted by atomic mass is 16.2. The topological polar surface area (TPSA) is 74.8 Å². The number of nitrogens with zero attached hydrogens (tertiary/aromatic N) is 1. The highest BCUT2D eigenvalue weighted by Gasteiger charge is 2.09. The molecule has 1 aromatic carbocycles. The van der Waals surface area contributed by atoms with E-state index < -0.39 is 0 Å². The van der Waals surface area contributed by atoms with Crippen molar-refractivity contribution < 1.29 is 4.79 Å². The van der Waals surface area contributed by atoms with Crippen molar-refractivity contribution in [2.24, 2.45) is 0 Å². The first kappa shape index (κ1) is 10.4. The normalized spacial score (nSPS) is 10.3. The first-order valence-corrected chi connectivity index (χ1v) is 4.99. The van der Waals surface area contributed by atoms with Crippen molar-refractivity contribution in [1.82, 2.24) is 15.3 Å². The van der Waals surface area contributed by atoms with Crippen LogP contribution in [0.25, 0.3) is 10.9 Å². The van der Waals surface area contributed by atoms with E-state index in [0.29, 0.717) is 17.4 Å². The number of H-pyrrole nitrogens is 1. The molecule has 0 saturated heterocycles. The molecule has 2 rings (SSSR count). The van der Waals surface area contributed by atoms with Gasteiger partial charge in [-0.05, 0) is 19.1 Å². The molecule has 1 aromatic heterocycles. The maximum Gasteiger partial charge on any atom is 0.287 e. The molecule has 0 aliphatic heterocycles. The average Bonchev–Trinajstić information content (AvgIpc) is 2.29. The van der Waals surface area contributed by atoms with Crippen LogP contribution in [-0.2, 0) is 0 Å². The largest absolute Gasteiger partial charge is 0.350 e. The minimum atomic E-state index is -0.370. The van der Waals surface area contributed by atoms with Crippen LogP contribution >= 0.6 is 0 Å². The van der Waals surface area contributed by atoms with Gasteiger partial charge in [0.15, 0.2) is 5.82 Å². The van der Waals surface area contributed by atoms with E-state index in [-0.39, 0.29) is 17.3 Å². The van der Waals surface area contributed by atoms with Crippen LogP contribution in [0, 0.1) is 0 Å².